The van der Waals surface area contributed by atoms with Crippen molar-refractivity contribution in [2.24, 2.45) is 0 Å². The lowest BCUT2D eigenvalue weighted by molar-refractivity contribution is 1.05. The van der Waals surface area contributed by atoms with Crippen molar-refractivity contribution >= 4 is 29.3 Å². The maximum absolute atomic E-state index is 8.76. The van der Waals surface area contributed by atoms with Crippen LogP contribution in [0, 0.1) is 16.1 Å². The standard InChI is InChI=1S/C13H11N3S2/c1-2-10-11(16-13(18)15-10)12(17)9-5-3-8(7-14)4-6-9/h3-6H,2H2,1H3,(H2,15,16,18). The number of H-pyrrole nitrogens is 2. The van der Waals surface area contributed by atoms with Crippen LogP contribution in [-0.4, -0.2) is 14.8 Å². The van der Waals surface area contributed by atoms with Crippen molar-refractivity contribution in [1.82, 2.24) is 9.97 Å². The van der Waals surface area contributed by atoms with E-state index in [1.807, 2.05) is 19.1 Å². The van der Waals surface area contributed by atoms with Gasteiger partial charge in [-0.15, -0.1) is 0 Å². The van der Waals surface area contributed by atoms with Crippen LogP contribution in [0.5, 0.6) is 0 Å². The molecule has 18 heavy (non-hydrogen) atoms. The molecule has 0 radical (unpaired) electrons. The third kappa shape index (κ3) is 2.40. The van der Waals surface area contributed by atoms with Gasteiger partial charge in [0.05, 0.1) is 22.2 Å². The molecule has 1 heterocycles. The summed E-state index contributed by atoms with van der Waals surface area (Å²) >= 11 is 10.5. The molecule has 0 aliphatic heterocycles. The molecule has 0 fully saturated rings. The molecule has 0 saturated carbocycles. The Morgan fingerprint density at radius 3 is 2.50 bits per heavy atom. The van der Waals surface area contributed by atoms with Gasteiger partial charge >= 0.3 is 0 Å². The zero-order valence-electron chi connectivity index (χ0n) is 9.78. The normalized spacial score (nSPS) is 10.0. The molecule has 0 amide bonds. The second-order valence-electron chi connectivity index (χ2n) is 3.80. The van der Waals surface area contributed by atoms with Gasteiger partial charge in [0.1, 0.15) is 0 Å². The van der Waals surface area contributed by atoms with Crippen molar-refractivity contribution in [1.29, 1.82) is 5.26 Å². The summed E-state index contributed by atoms with van der Waals surface area (Å²) in [5.41, 5.74) is 3.40. The van der Waals surface area contributed by atoms with Crippen LogP contribution in [0.3, 0.4) is 0 Å². The van der Waals surface area contributed by atoms with Crippen molar-refractivity contribution in [3.8, 4) is 6.07 Å². The number of imidazole rings is 1. The van der Waals surface area contributed by atoms with E-state index >= 15 is 0 Å². The van der Waals surface area contributed by atoms with Gasteiger partial charge in [-0.3, -0.25) is 0 Å². The van der Waals surface area contributed by atoms with Crippen LogP contribution < -0.4 is 0 Å². The van der Waals surface area contributed by atoms with Crippen LogP contribution in [0.25, 0.3) is 0 Å². The zero-order chi connectivity index (χ0) is 13.1. The number of hydrogen-bond donors (Lipinski definition) is 2. The number of aryl methyl sites for hydroxylation is 1. The number of benzene rings is 1. The first kappa shape index (κ1) is 12.7. The largest absolute Gasteiger partial charge is 0.334 e. The minimum absolute atomic E-state index is 0.581. The molecule has 0 aliphatic carbocycles. The summed E-state index contributed by atoms with van der Waals surface area (Å²) in [6.45, 7) is 2.04. The highest BCUT2D eigenvalue weighted by molar-refractivity contribution is 7.81. The highest BCUT2D eigenvalue weighted by Gasteiger charge is 2.11. The smallest absolute Gasteiger partial charge is 0.175 e. The molecule has 0 spiro atoms. The average Bonchev–Trinajstić information content (AvgIpc) is 2.79. The third-order valence-corrected chi connectivity index (χ3v) is 3.31. The Hall–Kier alpha value is -1.77. The van der Waals surface area contributed by atoms with Gasteiger partial charge in [0.25, 0.3) is 0 Å². The number of rotatable bonds is 3. The van der Waals surface area contributed by atoms with E-state index in [-0.39, 0.29) is 0 Å². The van der Waals surface area contributed by atoms with E-state index in [4.69, 9.17) is 29.7 Å². The monoisotopic (exact) mass is 273 g/mol. The van der Waals surface area contributed by atoms with E-state index < -0.39 is 0 Å². The molecule has 2 aromatic rings. The molecule has 3 nitrogen and oxygen atoms in total. The number of thiocarbonyl (C=S) groups is 1. The predicted molar refractivity (Wildman–Crippen MR) is 77.3 cm³/mol. The molecule has 90 valence electrons. The number of aromatic nitrogens is 2. The summed E-state index contributed by atoms with van der Waals surface area (Å²) in [4.78, 5) is 6.87. The van der Waals surface area contributed by atoms with Crippen LogP contribution in [0.4, 0.5) is 0 Å². The zero-order valence-corrected chi connectivity index (χ0v) is 11.4. The van der Waals surface area contributed by atoms with Gasteiger partial charge in [-0.2, -0.15) is 5.26 Å². The molecule has 1 aromatic heterocycles. The van der Waals surface area contributed by atoms with Crippen LogP contribution in [0.2, 0.25) is 0 Å². The number of nitrogens with one attached hydrogen (secondary N) is 2. The van der Waals surface area contributed by atoms with Gasteiger partial charge in [0.15, 0.2) is 4.77 Å². The van der Waals surface area contributed by atoms with Gasteiger partial charge in [0, 0.05) is 5.69 Å². The van der Waals surface area contributed by atoms with Crippen molar-refractivity contribution in [3.63, 3.8) is 0 Å². The van der Waals surface area contributed by atoms with E-state index in [1.165, 1.54) is 0 Å². The number of hydrogen-bond acceptors (Lipinski definition) is 3. The molecule has 5 heteroatoms. The molecular weight excluding hydrogens is 262 g/mol. The second kappa shape index (κ2) is 5.25. The summed E-state index contributed by atoms with van der Waals surface area (Å²) in [5.74, 6) is 0. The summed E-state index contributed by atoms with van der Waals surface area (Å²) < 4.78 is 0.581. The quantitative estimate of drug-likeness (QED) is 0.666. The van der Waals surface area contributed by atoms with Gasteiger partial charge in [-0.25, -0.2) is 0 Å². The Balaban J connectivity index is 2.41. The summed E-state index contributed by atoms with van der Waals surface area (Å²) in [5, 5.41) is 8.76. The summed E-state index contributed by atoms with van der Waals surface area (Å²) in [6.07, 6.45) is 0.832. The highest BCUT2D eigenvalue weighted by atomic mass is 32.1. The van der Waals surface area contributed by atoms with Gasteiger partial charge in [-0.05, 0) is 36.3 Å². The lowest BCUT2D eigenvalue weighted by Gasteiger charge is -2.04. The highest BCUT2D eigenvalue weighted by Crippen LogP contribution is 2.14. The van der Waals surface area contributed by atoms with Gasteiger partial charge in [-0.1, -0.05) is 31.3 Å². The van der Waals surface area contributed by atoms with Crippen molar-refractivity contribution < 1.29 is 0 Å². The molecular formula is C13H11N3S2. The number of aromatic amines is 2. The molecule has 0 saturated heterocycles. The van der Waals surface area contributed by atoms with Gasteiger partial charge < -0.3 is 9.97 Å². The molecule has 0 unspecified atom stereocenters. The Bertz CT molecular complexity index is 671. The molecule has 2 N–H and O–H groups in total. The van der Waals surface area contributed by atoms with E-state index in [9.17, 15) is 0 Å². The molecule has 2 rings (SSSR count). The summed E-state index contributed by atoms with van der Waals surface area (Å²) in [7, 11) is 0. The maximum atomic E-state index is 8.76. The SMILES string of the molecule is CCc1[nH]c(=S)[nH]c1C(=S)c1ccc(C#N)cc1. The van der Waals surface area contributed by atoms with Crippen molar-refractivity contribution in [3.05, 3.63) is 51.6 Å². The van der Waals surface area contributed by atoms with E-state index in [1.54, 1.807) is 12.1 Å². The second-order valence-corrected chi connectivity index (χ2v) is 4.62. The fourth-order valence-electron chi connectivity index (χ4n) is 1.72. The Labute approximate surface area is 115 Å². The molecule has 0 atom stereocenters. The Morgan fingerprint density at radius 2 is 1.94 bits per heavy atom. The topological polar surface area (TPSA) is 55.4 Å². The molecule has 0 bridgehead atoms. The van der Waals surface area contributed by atoms with Crippen LogP contribution >= 0.6 is 24.4 Å². The van der Waals surface area contributed by atoms with Crippen LogP contribution in [-0.2, 0) is 6.42 Å². The van der Waals surface area contributed by atoms with Crippen LogP contribution in [0.1, 0.15) is 29.4 Å². The third-order valence-electron chi connectivity index (χ3n) is 2.66. The number of nitriles is 1. The Kier molecular flexibility index (Phi) is 3.70. The fraction of sp³-hybridized carbons (Fsp3) is 0.154. The van der Waals surface area contributed by atoms with Gasteiger partial charge in [0.2, 0.25) is 0 Å². The predicted octanol–water partition coefficient (Wildman–Crippen LogP) is 3.27. The lowest BCUT2D eigenvalue weighted by Crippen LogP contribution is -2.03. The first-order chi connectivity index (χ1) is 8.65. The van der Waals surface area contributed by atoms with Crippen LogP contribution in [0.15, 0.2) is 24.3 Å². The fourth-order valence-corrected chi connectivity index (χ4v) is 2.25. The van der Waals surface area contributed by atoms with E-state index in [0.717, 1.165) is 23.4 Å². The Morgan fingerprint density at radius 1 is 1.28 bits per heavy atom. The van der Waals surface area contributed by atoms with E-state index in [0.29, 0.717) is 15.2 Å². The minimum atomic E-state index is 0.581. The first-order valence-corrected chi connectivity index (χ1v) is 6.33. The maximum Gasteiger partial charge on any atom is 0.175 e. The number of nitrogens with zero attached hydrogens (tertiary/aromatic N) is 1. The average molecular weight is 273 g/mol. The lowest BCUT2D eigenvalue weighted by atomic mass is 10.1. The van der Waals surface area contributed by atoms with Crippen molar-refractivity contribution in [2.45, 2.75) is 13.3 Å². The van der Waals surface area contributed by atoms with Crippen molar-refractivity contribution in [2.75, 3.05) is 0 Å². The minimum Gasteiger partial charge on any atom is -0.334 e. The first-order valence-electron chi connectivity index (χ1n) is 5.51. The van der Waals surface area contributed by atoms with E-state index in [2.05, 4.69) is 16.0 Å². The molecule has 1 aromatic carbocycles. The summed E-state index contributed by atoms with van der Waals surface area (Å²) in [6, 6.07) is 9.31. The molecule has 0 aliphatic rings.